The van der Waals surface area contributed by atoms with E-state index in [1.165, 1.54) is 180 Å². The molecule has 0 spiro atoms. The summed E-state index contributed by atoms with van der Waals surface area (Å²) < 4.78 is 17.3. The van der Waals surface area contributed by atoms with Crippen LogP contribution in [0.4, 0.5) is 0 Å². The Balaban J connectivity index is 4.20. The number of hydrogen-bond acceptors (Lipinski definition) is 7. The Bertz CT molecular complexity index is 1070. The highest BCUT2D eigenvalue weighted by molar-refractivity contribution is 5.70. The van der Waals surface area contributed by atoms with E-state index >= 15 is 0 Å². The molecule has 2 atom stereocenters. The van der Waals surface area contributed by atoms with E-state index in [-0.39, 0.29) is 42.7 Å². The van der Waals surface area contributed by atoms with Gasteiger partial charge in [0, 0.05) is 19.3 Å². The van der Waals surface area contributed by atoms with Gasteiger partial charge in [0.05, 0.1) is 40.3 Å². The van der Waals surface area contributed by atoms with Crippen molar-refractivity contribution >= 4 is 17.9 Å². The van der Waals surface area contributed by atoms with E-state index in [2.05, 4.69) is 38.2 Å². The van der Waals surface area contributed by atoms with Crippen LogP contribution < -0.4 is 5.11 Å². The van der Waals surface area contributed by atoms with Crippen LogP contribution in [0.3, 0.4) is 0 Å². The number of carbonyl (C=O) groups is 3. The van der Waals surface area contributed by atoms with Gasteiger partial charge in [-0.2, -0.15) is 0 Å². The lowest BCUT2D eigenvalue weighted by Gasteiger charge is -2.34. The van der Waals surface area contributed by atoms with Crippen molar-refractivity contribution < 1.29 is 38.2 Å². The lowest BCUT2D eigenvalue weighted by molar-refractivity contribution is -0.889. The number of ether oxygens (including phenoxy) is 3. The van der Waals surface area contributed by atoms with E-state index in [9.17, 15) is 19.5 Å². The molecule has 0 aliphatic carbocycles. The van der Waals surface area contributed by atoms with Crippen LogP contribution in [0.5, 0.6) is 0 Å². The Morgan fingerprint density at radius 3 is 1.24 bits per heavy atom. The standard InChI is InChI=1S/C54H101NO7/c1-6-8-10-12-14-16-18-20-22-24-26-28-30-32-34-36-38-40-42-44-52(56)61-49-50(48-60-47-46-51(54(58)59)55(3,4)5)62-53(57)45-43-41-39-37-35-33-31-29-27-25-23-21-19-17-15-13-11-9-7-2/h14,16,18,20,50-51H,6-13,15,17,19,21-49H2,1-5H3/b16-14+,20-18+. The number of carboxylic acid groups (broad SMARTS) is 1. The minimum absolute atomic E-state index is 0.0447. The van der Waals surface area contributed by atoms with E-state index in [0.29, 0.717) is 12.8 Å². The third kappa shape index (κ3) is 43.1. The highest BCUT2D eigenvalue weighted by Crippen LogP contribution is 2.17. The average Bonchev–Trinajstić information content (AvgIpc) is 3.23. The second-order valence-electron chi connectivity index (χ2n) is 19.1. The zero-order valence-corrected chi connectivity index (χ0v) is 41.6. The number of unbranched alkanes of at least 4 members (excludes halogenated alkanes) is 31. The fraction of sp³-hybridized carbons (Fsp3) is 0.870. The van der Waals surface area contributed by atoms with Crippen LogP contribution in [-0.4, -0.2) is 75.5 Å². The third-order valence-corrected chi connectivity index (χ3v) is 12.1. The minimum atomic E-state index is -1.12. The Morgan fingerprint density at radius 1 is 0.484 bits per heavy atom. The van der Waals surface area contributed by atoms with Crippen LogP contribution in [0.1, 0.15) is 251 Å². The number of esters is 2. The first-order chi connectivity index (χ1) is 30.1. The summed E-state index contributed by atoms with van der Waals surface area (Å²) in [6, 6.07) is -0.724. The Kier molecular flexibility index (Phi) is 43.8. The molecule has 0 aromatic rings. The summed E-state index contributed by atoms with van der Waals surface area (Å²) in [7, 11) is 5.43. The van der Waals surface area contributed by atoms with Gasteiger partial charge in [0.15, 0.2) is 6.10 Å². The first-order valence-electron chi connectivity index (χ1n) is 26.4. The largest absolute Gasteiger partial charge is 0.544 e. The van der Waals surface area contributed by atoms with Gasteiger partial charge in [0.25, 0.3) is 0 Å². The van der Waals surface area contributed by atoms with E-state index in [0.717, 1.165) is 38.5 Å². The van der Waals surface area contributed by atoms with Crippen LogP contribution in [0.15, 0.2) is 24.3 Å². The van der Waals surface area contributed by atoms with Crippen LogP contribution in [0.25, 0.3) is 0 Å². The average molecular weight is 876 g/mol. The molecule has 8 nitrogen and oxygen atoms in total. The molecule has 2 unspecified atom stereocenters. The number of allylic oxidation sites excluding steroid dienone is 4. The summed E-state index contributed by atoms with van der Waals surface area (Å²) in [6.07, 6.45) is 52.0. The zero-order chi connectivity index (χ0) is 45.6. The van der Waals surface area contributed by atoms with Crippen molar-refractivity contribution in [3.63, 3.8) is 0 Å². The molecule has 0 amide bonds. The van der Waals surface area contributed by atoms with Crippen LogP contribution in [0.2, 0.25) is 0 Å². The first-order valence-corrected chi connectivity index (χ1v) is 26.4. The molecule has 0 saturated heterocycles. The number of carbonyl (C=O) groups excluding carboxylic acids is 3. The predicted molar refractivity (Wildman–Crippen MR) is 259 cm³/mol. The molecule has 8 heteroatoms. The van der Waals surface area contributed by atoms with Crippen molar-refractivity contribution in [1.29, 1.82) is 0 Å². The van der Waals surface area contributed by atoms with E-state index in [1.54, 1.807) is 0 Å². The third-order valence-electron chi connectivity index (χ3n) is 12.1. The highest BCUT2D eigenvalue weighted by atomic mass is 16.6. The van der Waals surface area contributed by atoms with Crippen LogP contribution in [-0.2, 0) is 28.6 Å². The minimum Gasteiger partial charge on any atom is -0.544 e. The molecule has 0 radical (unpaired) electrons. The Hall–Kier alpha value is -2.19. The van der Waals surface area contributed by atoms with Gasteiger partial charge in [-0.25, -0.2) is 0 Å². The van der Waals surface area contributed by atoms with Crippen molar-refractivity contribution in [1.82, 2.24) is 0 Å². The molecule has 0 aromatic heterocycles. The molecule has 0 aliphatic heterocycles. The quantitative estimate of drug-likeness (QED) is 0.0260. The van der Waals surface area contributed by atoms with Crippen LogP contribution >= 0.6 is 0 Å². The summed E-state index contributed by atoms with van der Waals surface area (Å²) in [5.41, 5.74) is 0. The predicted octanol–water partition coefficient (Wildman–Crippen LogP) is 13.9. The van der Waals surface area contributed by atoms with Gasteiger partial charge in [-0.05, 0) is 38.5 Å². The van der Waals surface area contributed by atoms with Crippen molar-refractivity contribution in [2.24, 2.45) is 0 Å². The van der Waals surface area contributed by atoms with E-state index < -0.39 is 18.1 Å². The number of carboxylic acids is 1. The number of nitrogens with zero attached hydrogens (tertiary/aromatic N) is 1. The summed E-state index contributed by atoms with van der Waals surface area (Å²) in [5.74, 6) is -1.72. The highest BCUT2D eigenvalue weighted by Gasteiger charge is 2.25. The number of quaternary nitrogens is 1. The molecule has 0 aromatic carbocycles. The molecule has 62 heavy (non-hydrogen) atoms. The normalized spacial score (nSPS) is 13.0. The SMILES string of the molecule is CCCCC/C=C/C=C/CCCCCCCCCCCCC(=O)OCC(COCCC(C(=O)[O-])[N+](C)(C)C)OC(=O)CCCCCCCCCCCCCCCCCCCCC. The van der Waals surface area contributed by atoms with Gasteiger partial charge in [-0.3, -0.25) is 9.59 Å². The van der Waals surface area contributed by atoms with Crippen molar-refractivity contribution in [3.8, 4) is 0 Å². The van der Waals surface area contributed by atoms with E-state index in [4.69, 9.17) is 14.2 Å². The summed E-state index contributed by atoms with van der Waals surface area (Å²) in [6.45, 7) is 4.68. The summed E-state index contributed by atoms with van der Waals surface area (Å²) in [4.78, 5) is 37.1. The van der Waals surface area contributed by atoms with Crippen LogP contribution in [0, 0.1) is 0 Å². The maximum atomic E-state index is 12.8. The van der Waals surface area contributed by atoms with E-state index in [1.807, 2.05) is 21.1 Å². The molecule has 0 N–H and O–H groups in total. The van der Waals surface area contributed by atoms with Gasteiger partial charge in [0.1, 0.15) is 12.6 Å². The van der Waals surface area contributed by atoms with Gasteiger partial charge < -0.3 is 28.6 Å². The second-order valence-corrected chi connectivity index (χ2v) is 19.1. The smallest absolute Gasteiger partial charge is 0.306 e. The number of likely N-dealkylation sites (N-methyl/N-ethyl adjacent to an activating group) is 1. The summed E-state index contributed by atoms with van der Waals surface area (Å²) in [5, 5.41) is 11.7. The molecule has 0 bridgehead atoms. The Morgan fingerprint density at radius 2 is 0.839 bits per heavy atom. The van der Waals surface area contributed by atoms with Gasteiger partial charge in [-0.1, -0.05) is 218 Å². The van der Waals surface area contributed by atoms with Gasteiger partial charge in [-0.15, -0.1) is 0 Å². The Labute approximate surface area is 383 Å². The fourth-order valence-corrected chi connectivity index (χ4v) is 8.01. The van der Waals surface area contributed by atoms with Crippen molar-refractivity contribution in [3.05, 3.63) is 24.3 Å². The van der Waals surface area contributed by atoms with Gasteiger partial charge >= 0.3 is 11.9 Å². The van der Waals surface area contributed by atoms with Gasteiger partial charge in [0.2, 0.25) is 0 Å². The van der Waals surface area contributed by atoms with Crippen molar-refractivity contribution in [2.45, 2.75) is 264 Å². The monoisotopic (exact) mass is 876 g/mol. The maximum absolute atomic E-state index is 12.8. The fourth-order valence-electron chi connectivity index (χ4n) is 8.01. The lowest BCUT2D eigenvalue weighted by atomic mass is 10.0. The summed E-state index contributed by atoms with van der Waals surface area (Å²) >= 11 is 0. The molecule has 364 valence electrons. The molecule has 0 heterocycles. The number of hydrogen-bond donors (Lipinski definition) is 0. The molecule has 0 saturated carbocycles. The first kappa shape index (κ1) is 59.8. The molecule has 0 rings (SSSR count). The van der Waals surface area contributed by atoms with Crippen molar-refractivity contribution in [2.75, 3.05) is 41.0 Å². The zero-order valence-electron chi connectivity index (χ0n) is 41.6. The molecule has 0 fully saturated rings. The lowest BCUT2D eigenvalue weighted by Crippen LogP contribution is -2.55. The number of rotatable bonds is 48. The maximum Gasteiger partial charge on any atom is 0.306 e. The second kappa shape index (κ2) is 45.4. The molecular weight excluding hydrogens is 775 g/mol. The molecule has 0 aliphatic rings. The molecular formula is C54H101NO7. The topological polar surface area (TPSA) is 102 Å². The number of aliphatic carboxylic acids is 1.